The summed E-state index contributed by atoms with van der Waals surface area (Å²) in [7, 11) is 0. The molecular formula is C5H9NO2S. The summed E-state index contributed by atoms with van der Waals surface area (Å²) >= 11 is 1.51. The zero-order valence-electron chi connectivity index (χ0n) is 4.96. The Morgan fingerprint density at radius 1 is 1.78 bits per heavy atom. The standard InChI is InChI=1S/C5H9NO2S/c7-5(8)3-9-4-1-6-2-4/h4,6H,1-3H2,(H,7,8). The SMILES string of the molecule is O=C(O)CSC1CNC1. The Kier molecular flexibility index (Phi) is 2.36. The molecule has 0 aliphatic carbocycles. The second-order valence-electron chi connectivity index (χ2n) is 1.98. The van der Waals surface area contributed by atoms with Gasteiger partial charge in [-0.25, -0.2) is 0 Å². The Labute approximate surface area is 57.8 Å². The van der Waals surface area contributed by atoms with Crippen LogP contribution in [-0.4, -0.2) is 35.2 Å². The quantitative estimate of drug-likeness (QED) is 0.579. The molecule has 0 unspecified atom stereocenters. The maximum atomic E-state index is 10.0. The van der Waals surface area contributed by atoms with Crippen LogP contribution in [0.2, 0.25) is 0 Å². The van der Waals surface area contributed by atoms with Gasteiger partial charge in [-0.15, -0.1) is 11.8 Å². The van der Waals surface area contributed by atoms with E-state index in [0.717, 1.165) is 13.1 Å². The first kappa shape index (κ1) is 6.89. The number of carbonyl (C=O) groups is 1. The second-order valence-corrected chi connectivity index (χ2v) is 3.27. The van der Waals surface area contributed by atoms with Crippen LogP contribution >= 0.6 is 11.8 Å². The number of carboxylic acids is 1. The molecule has 4 heteroatoms. The van der Waals surface area contributed by atoms with E-state index in [1.165, 1.54) is 11.8 Å². The molecule has 1 aliphatic heterocycles. The Balaban J connectivity index is 1.97. The van der Waals surface area contributed by atoms with Gasteiger partial charge in [0.05, 0.1) is 5.75 Å². The van der Waals surface area contributed by atoms with Crippen molar-refractivity contribution in [2.45, 2.75) is 5.25 Å². The Hall–Kier alpha value is -0.220. The van der Waals surface area contributed by atoms with Crippen LogP contribution < -0.4 is 5.32 Å². The molecule has 0 radical (unpaired) electrons. The van der Waals surface area contributed by atoms with E-state index >= 15 is 0 Å². The van der Waals surface area contributed by atoms with Gasteiger partial charge < -0.3 is 10.4 Å². The zero-order valence-corrected chi connectivity index (χ0v) is 5.78. The van der Waals surface area contributed by atoms with Gasteiger partial charge in [0.1, 0.15) is 0 Å². The Morgan fingerprint density at radius 2 is 2.44 bits per heavy atom. The molecule has 0 bridgehead atoms. The van der Waals surface area contributed by atoms with Crippen molar-refractivity contribution in [2.75, 3.05) is 18.8 Å². The van der Waals surface area contributed by atoms with E-state index in [-0.39, 0.29) is 5.75 Å². The molecule has 52 valence electrons. The summed E-state index contributed by atoms with van der Waals surface area (Å²) in [4.78, 5) is 10.0. The first-order valence-electron chi connectivity index (χ1n) is 2.83. The predicted molar refractivity (Wildman–Crippen MR) is 36.8 cm³/mol. The van der Waals surface area contributed by atoms with Gasteiger partial charge >= 0.3 is 5.97 Å². The summed E-state index contributed by atoms with van der Waals surface area (Å²) in [5.41, 5.74) is 0. The van der Waals surface area contributed by atoms with Crippen molar-refractivity contribution in [1.29, 1.82) is 0 Å². The van der Waals surface area contributed by atoms with Crippen molar-refractivity contribution in [3.63, 3.8) is 0 Å². The Bertz CT molecular complexity index is 114. The van der Waals surface area contributed by atoms with E-state index < -0.39 is 5.97 Å². The molecule has 0 aromatic rings. The maximum Gasteiger partial charge on any atom is 0.313 e. The van der Waals surface area contributed by atoms with Crippen LogP contribution in [-0.2, 0) is 4.79 Å². The third-order valence-corrected chi connectivity index (χ3v) is 2.40. The molecule has 0 saturated carbocycles. The topological polar surface area (TPSA) is 49.3 Å². The number of thioether (sulfide) groups is 1. The van der Waals surface area contributed by atoms with Crippen molar-refractivity contribution in [3.8, 4) is 0 Å². The van der Waals surface area contributed by atoms with Gasteiger partial charge in [-0.3, -0.25) is 4.79 Å². The van der Waals surface area contributed by atoms with E-state index in [4.69, 9.17) is 5.11 Å². The summed E-state index contributed by atoms with van der Waals surface area (Å²) in [6.45, 7) is 1.94. The average molecular weight is 147 g/mol. The molecule has 1 rings (SSSR count). The van der Waals surface area contributed by atoms with Gasteiger partial charge in [0.25, 0.3) is 0 Å². The van der Waals surface area contributed by atoms with Gasteiger partial charge in [-0.1, -0.05) is 0 Å². The molecule has 3 nitrogen and oxygen atoms in total. The smallest absolute Gasteiger partial charge is 0.313 e. The van der Waals surface area contributed by atoms with Gasteiger partial charge in [0.15, 0.2) is 0 Å². The van der Waals surface area contributed by atoms with Crippen molar-refractivity contribution < 1.29 is 9.90 Å². The fourth-order valence-electron chi connectivity index (χ4n) is 0.569. The second kappa shape index (κ2) is 3.08. The zero-order chi connectivity index (χ0) is 6.69. The molecular weight excluding hydrogens is 138 g/mol. The van der Waals surface area contributed by atoms with Crippen LogP contribution in [0, 0.1) is 0 Å². The lowest BCUT2D eigenvalue weighted by atomic mass is 10.3. The summed E-state index contributed by atoms with van der Waals surface area (Å²) in [6, 6.07) is 0. The van der Waals surface area contributed by atoms with Crippen LogP contribution in [0.4, 0.5) is 0 Å². The van der Waals surface area contributed by atoms with Gasteiger partial charge in [0, 0.05) is 18.3 Å². The van der Waals surface area contributed by atoms with Crippen LogP contribution in [0.25, 0.3) is 0 Å². The molecule has 0 aromatic heterocycles. The van der Waals surface area contributed by atoms with Crippen molar-refractivity contribution in [1.82, 2.24) is 5.32 Å². The number of rotatable bonds is 3. The third kappa shape index (κ3) is 2.24. The average Bonchev–Trinajstić information content (AvgIpc) is 1.60. The summed E-state index contributed by atoms with van der Waals surface area (Å²) < 4.78 is 0. The van der Waals surface area contributed by atoms with Gasteiger partial charge in [-0.2, -0.15) is 0 Å². The first-order valence-corrected chi connectivity index (χ1v) is 3.88. The number of nitrogens with one attached hydrogen (secondary N) is 1. The van der Waals surface area contributed by atoms with Crippen LogP contribution in [0.5, 0.6) is 0 Å². The van der Waals surface area contributed by atoms with Crippen LogP contribution in [0.1, 0.15) is 0 Å². The van der Waals surface area contributed by atoms with Crippen LogP contribution in [0.3, 0.4) is 0 Å². The van der Waals surface area contributed by atoms with E-state index in [1.807, 2.05) is 0 Å². The lowest BCUT2D eigenvalue weighted by molar-refractivity contribution is -0.133. The highest BCUT2D eigenvalue weighted by Crippen LogP contribution is 2.13. The molecule has 2 N–H and O–H groups in total. The summed E-state index contributed by atoms with van der Waals surface area (Å²) in [5, 5.41) is 11.9. The van der Waals surface area contributed by atoms with E-state index in [2.05, 4.69) is 5.32 Å². The monoisotopic (exact) mass is 147 g/mol. The highest BCUT2D eigenvalue weighted by Gasteiger charge is 2.17. The lowest BCUT2D eigenvalue weighted by Crippen LogP contribution is -2.44. The summed E-state index contributed by atoms with van der Waals surface area (Å²) in [6.07, 6.45) is 0. The number of aliphatic carboxylic acids is 1. The fourth-order valence-corrected chi connectivity index (χ4v) is 1.42. The summed E-state index contributed by atoms with van der Waals surface area (Å²) in [5.74, 6) is -0.473. The van der Waals surface area contributed by atoms with Gasteiger partial charge in [-0.05, 0) is 0 Å². The van der Waals surface area contributed by atoms with Crippen molar-refractivity contribution in [2.24, 2.45) is 0 Å². The molecule has 0 aromatic carbocycles. The van der Waals surface area contributed by atoms with E-state index in [1.54, 1.807) is 0 Å². The van der Waals surface area contributed by atoms with Crippen molar-refractivity contribution >= 4 is 17.7 Å². The number of carboxylic acid groups (broad SMARTS) is 1. The molecule has 0 amide bonds. The largest absolute Gasteiger partial charge is 0.481 e. The number of hydrogen-bond donors (Lipinski definition) is 2. The molecule has 9 heavy (non-hydrogen) atoms. The Morgan fingerprint density at radius 3 is 2.78 bits per heavy atom. The highest BCUT2D eigenvalue weighted by molar-refractivity contribution is 8.00. The van der Waals surface area contributed by atoms with Crippen molar-refractivity contribution in [3.05, 3.63) is 0 Å². The van der Waals surface area contributed by atoms with E-state index in [9.17, 15) is 4.79 Å². The minimum absolute atomic E-state index is 0.242. The van der Waals surface area contributed by atoms with Crippen LogP contribution in [0.15, 0.2) is 0 Å². The molecule has 1 heterocycles. The van der Waals surface area contributed by atoms with E-state index in [0.29, 0.717) is 5.25 Å². The predicted octanol–water partition coefficient (Wildman–Crippen LogP) is -0.224. The fraction of sp³-hybridized carbons (Fsp3) is 0.800. The highest BCUT2D eigenvalue weighted by atomic mass is 32.2. The third-order valence-electron chi connectivity index (χ3n) is 1.19. The lowest BCUT2D eigenvalue weighted by Gasteiger charge is -2.25. The minimum atomic E-state index is -0.716. The maximum absolute atomic E-state index is 10.0. The minimum Gasteiger partial charge on any atom is -0.481 e. The molecule has 0 spiro atoms. The normalized spacial score (nSPS) is 19.1. The molecule has 1 aliphatic rings. The molecule has 1 fully saturated rings. The molecule has 0 atom stereocenters. The van der Waals surface area contributed by atoms with Gasteiger partial charge in [0.2, 0.25) is 0 Å². The molecule has 1 saturated heterocycles. The number of hydrogen-bond acceptors (Lipinski definition) is 3. The first-order chi connectivity index (χ1) is 4.29.